The normalized spacial score (nSPS) is 11.5. The molecule has 108 valence electrons. The summed E-state index contributed by atoms with van der Waals surface area (Å²) in [6.07, 6.45) is 1.63. The minimum atomic E-state index is -0.690. The fraction of sp³-hybridized carbons (Fsp3) is 0.0714. The molecule has 0 radical (unpaired) electrons. The topological polar surface area (TPSA) is 73.3 Å². The SMILES string of the molecule is Cc1ccc(/C=C(/Br)C(=O)c2ccc([N+](=O)[O-])o2)c(Br)c1. The van der Waals surface area contributed by atoms with Crippen molar-refractivity contribution in [3.63, 3.8) is 0 Å². The Hall–Kier alpha value is -1.73. The van der Waals surface area contributed by atoms with Crippen molar-refractivity contribution < 1.29 is 14.1 Å². The average molecular weight is 415 g/mol. The van der Waals surface area contributed by atoms with Crippen molar-refractivity contribution in [3.05, 3.63) is 66.3 Å². The fourth-order valence-corrected chi connectivity index (χ4v) is 2.67. The molecule has 21 heavy (non-hydrogen) atoms. The van der Waals surface area contributed by atoms with E-state index in [9.17, 15) is 14.9 Å². The van der Waals surface area contributed by atoms with Crippen molar-refractivity contribution in [2.24, 2.45) is 0 Å². The Kier molecular flexibility index (Phi) is 4.74. The number of carbonyl (C=O) groups excluding carboxylic acids is 1. The molecule has 0 spiro atoms. The zero-order valence-electron chi connectivity index (χ0n) is 10.8. The van der Waals surface area contributed by atoms with Crippen molar-refractivity contribution in [2.75, 3.05) is 0 Å². The second-order valence-corrected chi connectivity index (χ2v) is 5.95. The summed E-state index contributed by atoms with van der Waals surface area (Å²) in [6, 6.07) is 8.13. The largest absolute Gasteiger partial charge is 0.433 e. The van der Waals surface area contributed by atoms with E-state index in [4.69, 9.17) is 4.42 Å². The molecule has 0 bridgehead atoms. The number of nitro groups is 1. The number of carbonyl (C=O) groups is 1. The molecule has 0 amide bonds. The van der Waals surface area contributed by atoms with Crippen LogP contribution in [0.25, 0.3) is 6.08 Å². The number of benzene rings is 1. The van der Waals surface area contributed by atoms with Crippen LogP contribution in [0.5, 0.6) is 0 Å². The minimum Gasteiger partial charge on any atom is -0.397 e. The predicted molar refractivity (Wildman–Crippen MR) is 85.5 cm³/mol. The van der Waals surface area contributed by atoms with Gasteiger partial charge in [0.15, 0.2) is 5.76 Å². The number of ketones is 1. The smallest absolute Gasteiger partial charge is 0.397 e. The van der Waals surface area contributed by atoms with E-state index in [1.54, 1.807) is 6.08 Å². The molecule has 2 aromatic rings. The minimum absolute atomic E-state index is 0.0898. The van der Waals surface area contributed by atoms with Crippen molar-refractivity contribution in [1.29, 1.82) is 0 Å². The number of halogens is 2. The van der Waals surface area contributed by atoms with E-state index < -0.39 is 16.6 Å². The number of nitrogens with zero attached hydrogens (tertiary/aromatic N) is 1. The van der Waals surface area contributed by atoms with Gasteiger partial charge in [-0.2, -0.15) is 0 Å². The van der Waals surface area contributed by atoms with Crippen LogP contribution in [0.1, 0.15) is 21.7 Å². The first kappa shape index (κ1) is 15.7. The van der Waals surface area contributed by atoms with Gasteiger partial charge in [-0.25, -0.2) is 0 Å². The molecule has 0 saturated carbocycles. The maximum Gasteiger partial charge on any atom is 0.433 e. The van der Waals surface area contributed by atoms with Crippen LogP contribution in [0.2, 0.25) is 0 Å². The molecule has 0 aliphatic rings. The molecular weight excluding hydrogens is 406 g/mol. The summed E-state index contributed by atoms with van der Waals surface area (Å²) >= 11 is 6.59. The summed E-state index contributed by atoms with van der Waals surface area (Å²) in [5, 5.41) is 10.5. The van der Waals surface area contributed by atoms with E-state index in [1.165, 1.54) is 6.07 Å². The van der Waals surface area contributed by atoms with E-state index in [1.807, 2.05) is 25.1 Å². The Bertz CT molecular complexity index is 749. The second kappa shape index (κ2) is 6.36. The second-order valence-electron chi connectivity index (χ2n) is 4.24. The van der Waals surface area contributed by atoms with E-state index in [0.717, 1.165) is 21.7 Å². The van der Waals surface area contributed by atoms with Gasteiger partial charge in [-0.15, -0.1) is 0 Å². The summed E-state index contributed by atoms with van der Waals surface area (Å²) in [5.41, 5.74) is 1.89. The van der Waals surface area contributed by atoms with Crippen LogP contribution < -0.4 is 0 Å². The molecule has 1 aromatic carbocycles. The zero-order chi connectivity index (χ0) is 15.6. The number of furan rings is 1. The third kappa shape index (κ3) is 3.68. The summed E-state index contributed by atoms with van der Waals surface area (Å²) < 4.78 is 5.98. The van der Waals surface area contributed by atoms with Gasteiger partial charge in [0, 0.05) is 4.47 Å². The van der Waals surface area contributed by atoms with Gasteiger partial charge in [0.05, 0.1) is 10.5 Å². The van der Waals surface area contributed by atoms with Gasteiger partial charge in [0.25, 0.3) is 0 Å². The van der Waals surface area contributed by atoms with Crippen molar-refractivity contribution in [2.45, 2.75) is 6.92 Å². The van der Waals surface area contributed by atoms with Crippen LogP contribution in [0.15, 0.2) is 43.7 Å². The Labute approximate surface area is 137 Å². The number of hydrogen-bond acceptors (Lipinski definition) is 4. The molecular formula is C14H9Br2NO4. The Morgan fingerprint density at radius 3 is 2.62 bits per heavy atom. The van der Waals surface area contributed by atoms with Gasteiger partial charge >= 0.3 is 5.88 Å². The van der Waals surface area contributed by atoms with Crippen LogP contribution in [-0.4, -0.2) is 10.7 Å². The number of Topliss-reactive ketones (excluding diaryl/α,β-unsaturated/α-hetero) is 1. The molecule has 0 atom stereocenters. The van der Waals surface area contributed by atoms with Crippen molar-refractivity contribution in [3.8, 4) is 0 Å². The number of aryl methyl sites for hydroxylation is 1. The average Bonchev–Trinajstić information content (AvgIpc) is 2.90. The molecule has 0 unspecified atom stereocenters. The van der Waals surface area contributed by atoms with Crippen LogP contribution in [0.3, 0.4) is 0 Å². The summed E-state index contributed by atoms with van der Waals surface area (Å²) in [4.78, 5) is 22.0. The first-order valence-corrected chi connectivity index (χ1v) is 7.39. The van der Waals surface area contributed by atoms with Gasteiger partial charge in [-0.1, -0.05) is 28.1 Å². The number of hydrogen-bond donors (Lipinski definition) is 0. The van der Waals surface area contributed by atoms with Crippen LogP contribution in [0.4, 0.5) is 5.88 Å². The lowest BCUT2D eigenvalue weighted by atomic mass is 10.1. The summed E-state index contributed by atoms with van der Waals surface area (Å²) in [6.45, 7) is 1.96. The van der Waals surface area contributed by atoms with Crippen molar-refractivity contribution >= 4 is 49.6 Å². The first-order chi connectivity index (χ1) is 9.88. The van der Waals surface area contributed by atoms with E-state index in [-0.39, 0.29) is 10.2 Å². The van der Waals surface area contributed by atoms with Crippen LogP contribution in [0, 0.1) is 17.0 Å². The van der Waals surface area contributed by atoms with Gasteiger partial charge in [-0.05, 0) is 52.2 Å². The molecule has 1 aromatic heterocycles. The lowest BCUT2D eigenvalue weighted by Crippen LogP contribution is -1.96. The van der Waals surface area contributed by atoms with Gasteiger partial charge in [-0.3, -0.25) is 14.9 Å². The highest BCUT2D eigenvalue weighted by atomic mass is 79.9. The highest BCUT2D eigenvalue weighted by Gasteiger charge is 2.19. The molecule has 0 N–H and O–H groups in total. The molecule has 2 rings (SSSR count). The van der Waals surface area contributed by atoms with Crippen LogP contribution >= 0.6 is 31.9 Å². The molecule has 7 heteroatoms. The predicted octanol–water partition coefficient (Wildman–Crippen LogP) is 4.88. The lowest BCUT2D eigenvalue weighted by molar-refractivity contribution is -0.402. The van der Waals surface area contributed by atoms with Crippen molar-refractivity contribution in [1.82, 2.24) is 0 Å². The van der Waals surface area contributed by atoms with Gasteiger partial charge in [0.1, 0.15) is 4.92 Å². The third-order valence-electron chi connectivity index (χ3n) is 2.65. The monoisotopic (exact) mass is 413 g/mol. The molecule has 0 fully saturated rings. The fourth-order valence-electron chi connectivity index (χ4n) is 1.62. The maximum absolute atomic E-state index is 12.1. The number of rotatable bonds is 4. The number of allylic oxidation sites excluding steroid dienone is 1. The first-order valence-electron chi connectivity index (χ1n) is 5.81. The summed E-state index contributed by atoms with van der Waals surface area (Å²) in [5.74, 6) is -1.01. The van der Waals surface area contributed by atoms with Crippen LogP contribution in [-0.2, 0) is 0 Å². The van der Waals surface area contributed by atoms with Gasteiger partial charge < -0.3 is 4.42 Å². The van der Waals surface area contributed by atoms with Gasteiger partial charge in [0.2, 0.25) is 5.78 Å². The molecule has 1 heterocycles. The summed E-state index contributed by atoms with van der Waals surface area (Å²) in [7, 11) is 0. The third-order valence-corrected chi connectivity index (χ3v) is 3.93. The van der Waals surface area contributed by atoms with E-state index >= 15 is 0 Å². The lowest BCUT2D eigenvalue weighted by Gasteiger charge is -2.01. The highest BCUT2D eigenvalue weighted by Crippen LogP contribution is 2.26. The maximum atomic E-state index is 12.1. The molecule has 0 saturated heterocycles. The standard InChI is InChI=1S/C14H9Br2NO4/c1-8-2-3-9(10(15)6-8)7-11(16)14(18)12-4-5-13(21-12)17(19)20/h2-7H,1H3/b11-7+. The molecule has 0 aliphatic heterocycles. The quantitative estimate of drug-likeness (QED) is 0.309. The highest BCUT2D eigenvalue weighted by molar-refractivity contribution is 9.12. The van der Waals surface area contributed by atoms with E-state index in [0.29, 0.717) is 0 Å². The Morgan fingerprint density at radius 1 is 1.33 bits per heavy atom. The zero-order valence-corrected chi connectivity index (χ0v) is 14.0. The molecule has 0 aliphatic carbocycles. The Morgan fingerprint density at radius 2 is 2.05 bits per heavy atom. The van der Waals surface area contributed by atoms with E-state index in [2.05, 4.69) is 31.9 Å². The Balaban J connectivity index is 2.29. The molecule has 5 nitrogen and oxygen atoms in total.